The summed E-state index contributed by atoms with van der Waals surface area (Å²) in [4.78, 5) is 39.7. The van der Waals surface area contributed by atoms with E-state index in [0.29, 0.717) is 18.1 Å². The maximum atomic E-state index is 13.7. The molecule has 10 nitrogen and oxygen atoms in total. The molecule has 0 aliphatic rings. The van der Waals surface area contributed by atoms with Crippen LogP contribution in [0.1, 0.15) is 37.7 Å². The summed E-state index contributed by atoms with van der Waals surface area (Å²) in [6.07, 6.45) is 0. The lowest BCUT2D eigenvalue weighted by Gasteiger charge is -2.29. The molecule has 1 aromatic carbocycles. The third-order valence-electron chi connectivity index (χ3n) is 4.55. The number of carbonyl (C=O) groups is 3. The molecule has 3 aromatic rings. The number of ether oxygens (including phenoxy) is 1. The van der Waals surface area contributed by atoms with Crippen LogP contribution in [0.15, 0.2) is 46.9 Å². The fourth-order valence-electron chi connectivity index (χ4n) is 3.06. The average Bonchev–Trinajstić information content (AvgIpc) is 3.37. The standard InChI is InChI=1S/C21H23N5O5S/c1-12-8-9-14(31-12)17(20(28)24-10-11-30-2)26(13-6-4-3-5-7-13)21(29)18-15(22)16(19(23)27)25-32-18/h3-9,17H,10-11,22H2,1-2H3,(H2,23,27)(H,24,28)/t17-/m0/s1. The number of amides is 3. The topological polar surface area (TPSA) is 154 Å². The third kappa shape index (κ3) is 4.79. The number of para-hydroxylation sites is 1. The Kier molecular flexibility index (Phi) is 7.23. The summed E-state index contributed by atoms with van der Waals surface area (Å²) in [6.45, 7) is 2.26. The zero-order chi connectivity index (χ0) is 23.3. The Balaban J connectivity index is 2.12. The molecule has 0 unspecified atom stereocenters. The molecule has 3 rings (SSSR count). The van der Waals surface area contributed by atoms with Gasteiger partial charge in [0.1, 0.15) is 16.4 Å². The molecule has 0 aliphatic carbocycles. The Morgan fingerprint density at radius 3 is 2.50 bits per heavy atom. The van der Waals surface area contributed by atoms with Crippen molar-refractivity contribution >= 4 is 40.6 Å². The molecule has 5 N–H and O–H groups in total. The number of nitrogen functional groups attached to an aromatic ring is 1. The summed E-state index contributed by atoms with van der Waals surface area (Å²) in [5.74, 6) is -1.12. The Hall–Kier alpha value is -3.70. The quantitative estimate of drug-likeness (QED) is 0.415. The van der Waals surface area contributed by atoms with Crippen LogP contribution < -0.4 is 21.7 Å². The van der Waals surface area contributed by atoms with Crippen LogP contribution in [0.5, 0.6) is 0 Å². The Labute approximate surface area is 188 Å². The highest BCUT2D eigenvalue weighted by Gasteiger charge is 2.37. The largest absolute Gasteiger partial charge is 0.464 e. The molecule has 1 atom stereocenters. The van der Waals surface area contributed by atoms with E-state index in [2.05, 4.69) is 9.69 Å². The van der Waals surface area contributed by atoms with Gasteiger partial charge < -0.3 is 25.9 Å². The lowest BCUT2D eigenvalue weighted by Crippen LogP contribution is -2.44. The number of hydrogen-bond acceptors (Lipinski definition) is 8. The fraction of sp³-hybridized carbons (Fsp3) is 0.238. The van der Waals surface area contributed by atoms with Gasteiger partial charge >= 0.3 is 0 Å². The molecule has 32 heavy (non-hydrogen) atoms. The lowest BCUT2D eigenvalue weighted by atomic mass is 10.1. The normalized spacial score (nSPS) is 11.7. The van der Waals surface area contributed by atoms with Crippen LogP contribution in [0.25, 0.3) is 0 Å². The van der Waals surface area contributed by atoms with Crippen LogP contribution in [0, 0.1) is 6.92 Å². The third-order valence-corrected chi connectivity index (χ3v) is 5.40. The van der Waals surface area contributed by atoms with Crippen molar-refractivity contribution in [1.82, 2.24) is 9.69 Å². The van der Waals surface area contributed by atoms with Crippen molar-refractivity contribution in [3.63, 3.8) is 0 Å². The van der Waals surface area contributed by atoms with Gasteiger partial charge in [-0.05, 0) is 42.7 Å². The molecule has 0 fully saturated rings. The second-order valence-corrected chi connectivity index (χ2v) is 7.56. The van der Waals surface area contributed by atoms with Crippen LogP contribution in [0.4, 0.5) is 11.4 Å². The minimum absolute atomic E-state index is 0.0133. The molecule has 2 heterocycles. The number of anilines is 2. The van der Waals surface area contributed by atoms with E-state index in [4.69, 9.17) is 20.6 Å². The van der Waals surface area contributed by atoms with Crippen LogP contribution in [0.2, 0.25) is 0 Å². The number of nitrogens with two attached hydrogens (primary N) is 2. The number of nitrogens with zero attached hydrogens (tertiary/aromatic N) is 2. The number of methoxy groups -OCH3 is 1. The van der Waals surface area contributed by atoms with Gasteiger partial charge in [-0.1, -0.05) is 18.2 Å². The summed E-state index contributed by atoms with van der Waals surface area (Å²) >= 11 is 0.737. The molecular formula is C21H23N5O5S. The molecule has 0 saturated carbocycles. The maximum absolute atomic E-state index is 13.7. The minimum Gasteiger partial charge on any atom is -0.464 e. The fourth-order valence-corrected chi connectivity index (χ4v) is 3.80. The highest BCUT2D eigenvalue weighted by molar-refractivity contribution is 7.09. The predicted molar refractivity (Wildman–Crippen MR) is 119 cm³/mol. The number of nitrogens with one attached hydrogen (secondary N) is 1. The van der Waals surface area contributed by atoms with Gasteiger partial charge in [0.2, 0.25) is 0 Å². The van der Waals surface area contributed by atoms with Gasteiger partial charge in [0.25, 0.3) is 17.7 Å². The molecule has 168 valence electrons. The van der Waals surface area contributed by atoms with E-state index >= 15 is 0 Å². The lowest BCUT2D eigenvalue weighted by molar-refractivity contribution is -0.123. The second-order valence-electron chi connectivity index (χ2n) is 6.78. The van der Waals surface area contributed by atoms with Crippen LogP contribution in [-0.2, 0) is 9.53 Å². The Morgan fingerprint density at radius 1 is 1.22 bits per heavy atom. The molecule has 2 aromatic heterocycles. The van der Waals surface area contributed by atoms with Crippen molar-refractivity contribution in [2.45, 2.75) is 13.0 Å². The molecule has 0 radical (unpaired) electrons. The van der Waals surface area contributed by atoms with Crippen LogP contribution >= 0.6 is 11.5 Å². The average molecular weight is 458 g/mol. The first kappa shape index (κ1) is 23.0. The maximum Gasteiger partial charge on any atom is 0.273 e. The van der Waals surface area contributed by atoms with Crippen molar-refractivity contribution in [1.29, 1.82) is 0 Å². The van der Waals surface area contributed by atoms with E-state index in [1.54, 1.807) is 49.4 Å². The molecule has 0 bridgehead atoms. The zero-order valence-electron chi connectivity index (χ0n) is 17.5. The highest BCUT2D eigenvalue weighted by Crippen LogP contribution is 2.33. The van der Waals surface area contributed by atoms with Gasteiger partial charge in [-0.2, -0.15) is 4.37 Å². The van der Waals surface area contributed by atoms with Crippen molar-refractivity contribution < 1.29 is 23.5 Å². The first-order valence-electron chi connectivity index (χ1n) is 9.61. The van der Waals surface area contributed by atoms with Gasteiger partial charge in [-0.25, -0.2) is 0 Å². The second kappa shape index (κ2) is 10.1. The summed E-state index contributed by atoms with van der Waals surface area (Å²) in [5, 5.41) is 2.75. The van der Waals surface area contributed by atoms with E-state index in [9.17, 15) is 14.4 Å². The predicted octanol–water partition coefficient (Wildman–Crippen LogP) is 1.88. The van der Waals surface area contributed by atoms with E-state index in [0.717, 1.165) is 11.5 Å². The van der Waals surface area contributed by atoms with E-state index in [1.165, 1.54) is 12.0 Å². The first-order valence-corrected chi connectivity index (χ1v) is 10.4. The number of carbonyl (C=O) groups excluding carboxylic acids is 3. The summed E-state index contributed by atoms with van der Waals surface area (Å²) in [7, 11) is 1.52. The van der Waals surface area contributed by atoms with Crippen molar-refractivity contribution in [2.75, 3.05) is 30.9 Å². The monoisotopic (exact) mass is 457 g/mol. The first-order chi connectivity index (χ1) is 15.3. The van der Waals surface area contributed by atoms with Crippen molar-refractivity contribution in [3.05, 3.63) is 64.6 Å². The van der Waals surface area contributed by atoms with Gasteiger partial charge in [0.05, 0.1) is 12.3 Å². The SMILES string of the molecule is COCCNC(=O)[C@H](c1ccc(C)o1)N(C(=O)c1snc(C(N)=O)c1N)c1ccccc1. The van der Waals surface area contributed by atoms with Crippen LogP contribution in [0.3, 0.4) is 0 Å². The van der Waals surface area contributed by atoms with Gasteiger partial charge in [0.15, 0.2) is 11.7 Å². The summed E-state index contributed by atoms with van der Waals surface area (Å²) in [6, 6.07) is 10.8. The molecule has 0 spiro atoms. The summed E-state index contributed by atoms with van der Waals surface area (Å²) in [5.41, 5.74) is 11.4. The van der Waals surface area contributed by atoms with Gasteiger partial charge in [0, 0.05) is 19.3 Å². The molecular weight excluding hydrogens is 434 g/mol. The number of hydrogen-bond donors (Lipinski definition) is 3. The number of furan rings is 1. The zero-order valence-corrected chi connectivity index (χ0v) is 18.3. The molecule has 0 aliphatic heterocycles. The van der Waals surface area contributed by atoms with E-state index in [1.807, 2.05) is 0 Å². The Bertz CT molecular complexity index is 1110. The van der Waals surface area contributed by atoms with E-state index in [-0.39, 0.29) is 28.6 Å². The van der Waals surface area contributed by atoms with Gasteiger partial charge in [-0.15, -0.1) is 0 Å². The summed E-state index contributed by atoms with van der Waals surface area (Å²) < 4.78 is 14.6. The number of primary amides is 1. The smallest absolute Gasteiger partial charge is 0.273 e. The highest BCUT2D eigenvalue weighted by atomic mass is 32.1. The van der Waals surface area contributed by atoms with Crippen molar-refractivity contribution in [3.8, 4) is 0 Å². The Morgan fingerprint density at radius 2 is 1.94 bits per heavy atom. The van der Waals surface area contributed by atoms with E-state index < -0.39 is 23.8 Å². The molecule has 3 amide bonds. The number of rotatable bonds is 9. The number of aromatic nitrogens is 1. The van der Waals surface area contributed by atoms with Crippen molar-refractivity contribution in [2.24, 2.45) is 5.73 Å². The molecule has 0 saturated heterocycles. The van der Waals surface area contributed by atoms with Gasteiger partial charge in [-0.3, -0.25) is 19.3 Å². The minimum atomic E-state index is -1.16. The number of benzene rings is 1. The van der Waals surface area contributed by atoms with Crippen LogP contribution in [-0.4, -0.2) is 42.4 Å². The molecule has 11 heteroatoms. The number of aryl methyl sites for hydroxylation is 1.